The van der Waals surface area contributed by atoms with Gasteiger partial charge in [0.15, 0.2) is 0 Å². The molecule has 0 atom stereocenters. The zero-order chi connectivity index (χ0) is 28.8. The molecule has 8 rings (SSSR count). The van der Waals surface area contributed by atoms with E-state index in [0.29, 0.717) is 0 Å². The second kappa shape index (κ2) is 11.5. The molecule has 0 aliphatic heterocycles. The maximum absolute atomic E-state index is 5.96. The van der Waals surface area contributed by atoms with Gasteiger partial charge in [-0.1, -0.05) is 47.2 Å². The van der Waals surface area contributed by atoms with Crippen LogP contribution in [0.1, 0.15) is 25.2 Å². The first-order valence-electron chi connectivity index (χ1n) is 13.5. The van der Waals surface area contributed by atoms with Gasteiger partial charge in [-0.15, -0.1) is 24.3 Å². The summed E-state index contributed by atoms with van der Waals surface area (Å²) in [6.07, 6.45) is 3.94. The molecule has 43 heavy (non-hydrogen) atoms. The Morgan fingerprint density at radius 2 is 1.07 bits per heavy atom. The van der Waals surface area contributed by atoms with Gasteiger partial charge in [0.2, 0.25) is 0 Å². The smallest absolute Gasteiger partial charge is 0.516 e. The van der Waals surface area contributed by atoms with E-state index in [1.165, 1.54) is 0 Å². The fraction of sp³-hybridized carbons (Fsp3) is 0.0909. The summed E-state index contributed by atoms with van der Waals surface area (Å²) in [5.74, 6) is 0. The quantitative estimate of drug-likeness (QED) is 0.151. The third-order valence-corrected chi connectivity index (χ3v) is 7.54. The van der Waals surface area contributed by atoms with Crippen molar-refractivity contribution in [3.05, 3.63) is 121 Å². The van der Waals surface area contributed by atoms with E-state index in [1.807, 2.05) is 82.4 Å². The average molecular weight is 734 g/mol. The van der Waals surface area contributed by atoms with Gasteiger partial charge in [0.1, 0.15) is 11.2 Å². The molecule has 0 saturated heterocycles. The third-order valence-electron chi connectivity index (χ3n) is 7.54. The molecular weight excluding hydrogens is 712 g/mol. The van der Waals surface area contributed by atoms with Crippen molar-refractivity contribution in [3.63, 3.8) is 0 Å². The van der Waals surface area contributed by atoms with E-state index in [2.05, 4.69) is 65.7 Å². The minimum absolute atomic E-state index is 0. The normalized spacial score (nSPS) is 11.5. The summed E-state index contributed by atoms with van der Waals surface area (Å²) in [4.78, 5) is 0. The molecule has 0 N–H and O–H groups in total. The summed E-state index contributed by atoms with van der Waals surface area (Å²) in [7, 11) is 10.0. The van der Waals surface area contributed by atoms with Crippen molar-refractivity contribution in [1.29, 1.82) is 0 Å². The minimum Gasteiger partial charge on any atom is -0.516 e. The summed E-state index contributed by atoms with van der Waals surface area (Å²) in [5, 5.41) is 14.1. The number of benzene rings is 4. The van der Waals surface area contributed by atoms with Crippen molar-refractivity contribution in [3.8, 4) is 11.4 Å². The second-order valence-electron chi connectivity index (χ2n) is 10.5. The molecule has 0 saturated carbocycles. The van der Waals surface area contributed by atoms with Crippen molar-refractivity contribution < 1.29 is 29.9 Å². The number of para-hydroxylation sites is 2. The first kappa shape index (κ1) is 28.9. The zero-order valence-corrected chi connectivity index (χ0v) is 25.7. The molecule has 8 aromatic rings. The molecule has 0 aliphatic carbocycles. The average Bonchev–Trinajstić information content (AvgIpc) is 3.81. The molecule has 4 aromatic carbocycles. The van der Waals surface area contributed by atoms with Gasteiger partial charge in [0.05, 0.1) is 16.8 Å². The Hall–Kier alpha value is -4.22. The predicted octanol–water partition coefficient (Wildman–Crippen LogP) is 6.64. The van der Waals surface area contributed by atoms with Crippen LogP contribution in [0.2, 0.25) is 0 Å². The number of aromatic nitrogens is 4. The van der Waals surface area contributed by atoms with E-state index in [1.54, 1.807) is 0 Å². The number of furan rings is 2. The number of fused-ring (bicyclic) bond motifs is 6. The third kappa shape index (κ3) is 5.06. The predicted molar refractivity (Wildman–Crippen MR) is 169 cm³/mol. The van der Waals surface area contributed by atoms with Crippen LogP contribution in [0.3, 0.4) is 0 Å². The van der Waals surface area contributed by atoms with Crippen LogP contribution in [0.25, 0.3) is 55.3 Å². The molecule has 0 bridgehead atoms. The van der Waals surface area contributed by atoms with Gasteiger partial charge in [0.25, 0.3) is 0 Å². The van der Waals surface area contributed by atoms with Crippen LogP contribution in [0.5, 0.6) is 0 Å². The van der Waals surface area contributed by atoms with Gasteiger partial charge in [-0.25, -0.2) is 0 Å². The molecule has 4 heterocycles. The maximum Gasteiger partial charge on any atom is 2.00 e. The summed E-state index contributed by atoms with van der Waals surface area (Å²) in [6, 6.07) is 34.8. The molecule has 4 aromatic heterocycles. The molecule has 5 radical (unpaired) electrons. The Labute approximate surface area is 266 Å². The molecule has 0 spiro atoms. The number of hydrogen-bond donors (Lipinski definition) is 0. The molecule has 0 amide bonds. The molecular formula is C33H22B3N4O2Pt. The molecule has 0 fully saturated rings. The summed E-state index contributed by atoms with van der Waals surface area (Å²) < 4.78 is 15.6. The van der Waals surface area contributed by atoms with E-state index >= 15 is 0 Å². The Bertz CT molecular complexity index is 2060. The fourth-order valence-corrected chi connectivity index (χ4v) is 5.30. The summed E-state index contributed by atoms with van der Waals surface area (Å²) in [5.41, 5.74) is 6.50. The minimum atomic E-state index is -0.421. The van der Waals surface area contributed by atoms with Crippen molar-refractivity contribution >= 4 is 66.4 Å². The zero-order valence-electron chi connectivity index (χ0n) is 23.4. The first-order valence-corrected chi connectivity index (χ1v) is 13.5. The van der Waals surface area contributed by atoms with Crippen LogP contribution in [0.15, 0.2) is 106 Å². The largest absolute Gasteiger partial charge is 2.00 e. The van der Waals surface area contributed by atoms with Gasteiger partial charge in [-0.3, -0.25) is 9.36 Å². The van der Waals surface area contributed by atoms with E-state index in [4.69, 9.17) is 19.0 Å². The number of nitrogens with zero attached hydrogens (tertiary/aromatic N) is 4. The van der Waals surface area contributed by atoms with Gasteiger partial charge < -0.3 is 8.83 Å². The SMILES string of the molecule is CC(C)(c1ccn(-c2[c-]cc3oc4ccccc4c3c2)n1)c1ccn(-c2[c-]cc3oc4ccccc4c3c2)n1.[B][B][B].[Pt+2]. The van der Waals surface area contributed by atoms with Crippen molar-refractivity contribution in [2.75, 3.05) is 0 Å². The van der Waals surface area contributed by atoms with E-state index in [9.17, 15) is 0 Å². The molecule has 6 nitrogen and oxygen atoms in total. The molecule has 205 valence electrons. The fourth-order valence-electron chi connectivity index (χ4n) is 5.30. The first-order chi connectivity index (χ1) is 20.5. The Morgan fingerprint density at radius 1 is 0.651 bits per heavy atom. The van der Waals surface area contributed by atoms with Gasteiger partial charge in [-0.05, 0) is 49.5 Å². The van der Waals surface area contributed by atoms with E-state index in [-0.39, 0.29) is 21.1 Å². The van der Waals surface area contributed by atoms with Gasteiger partial charge in [0, 0.05) is 56.9 Å². The van der Waals surface area contributed by atoms with Crippen LogP contribution in [-0.4, -0.2) is 42.1 Å². The second-order valence-corrected chi connectivity index (χ2v) is 10.5. The monoisotopic (exact) mass is 734 g/mol. The Kier molecular flexibility index (Phi) is 7.70. The van der Waals surface area contributed by atoms with Gasteiger partial charge in [-0.2, -0.15) is 22.3 Å². The van der Waals surface area contributed by atoms with Crippen LogP contribution < -0.4 is 0 Å². The number of rotatable bonds is 4. The van der Waals surface area contributed by atoms with Crippen molar-refractivity contribution in [2.24, 2.45) is 0 Å². The number of hydrogen-bond acceptors (Lipinski definition) is 4. The molecule has 0 aliphatic rings. The van der Waals surface area contributed by atoms with Crippen LogP contribution >= 0.6 is 0 Å². The summed E-state index contributed by atoms with van der Waals surface area (Å²) in [6.45, 7) is 4.28. The molecule has 0 unspecified atom stereocenters. The Morgan fingerprint density at radius 3 is 1.51 bits per heavy atom. The van der Waals surface area contributed by atoms with E-state index < -0.39 is 5.41 Å². The van der Waals surface area contributed by atoms with E-state index in [0.717, 1.165) is 73.7 Å². The standard InChI is InChI=1S/C33H22N4O2.B3.Pt/c1-33(2,31-15-17-36(34-31)21-11-13-29-25(19-21)23-7-3-5-9-27(23)38-29)32-16-18-37(35-32)22-12-14-30-26(20-22)24-8-4-6-10-28(24)39-30;1-3-2;/h3-10,13-20H,1-2H3;;/q-2;;+2. The Balaban J connectivity index is 0.000000792. The topological polar surface area (TPSA) is 61.9 Å². The van der Waals surface area contributed by atoms with Crippen molar-refractivity contribution in [2.45, 2.75) is 19.3 Å². The van der Waals surface area contributed by atoms with Crippen LogP contribution in [-0.2, 0) is 26.5 Å². The van der Waals surface area contributed by atoms with Crippen molar-refractivity contribution in [1.82, 2.24) is 19.6 Å². The summed E-state index contributed by atoms with van der Waals surface area (Å²) >= 11 is 0. The molecule has 10 heteroatoms. The van der Waals surface area contributed by atoms with Gasteiger partial charge >= 0.3 is 21.1 Å². The maximum atomic E-state index is 5.96. The van der Waals surface area contributed by atoms with Crippen LogP contribution in [0.4, 0.5) is 0 Å². The van der Waals surface area contributed by atoms with Crippen LogP contribution in [0, 0.1) is 12.1 Å².